The molecule has 0 aliphatic heterocycles. The monoisotopic (exact) mass is 442 g/mol. The van der Waals surface area contributed by atoms with Crippen LogP contribution in [-0.4, -0.2) is 11.1 Å². The minimum Gasteiger partial charge on any atom is -0.481 e. The number of benzene rings is 3. The predicted octanol–water partition coefficient (Wildman–Crippen LogP) is 8.08. The molecule has 0 aliphatic carbocycles. The van der Waals surface area contributed by atoms with Crippen LogP contribution in [0, 0.1) is 11.3 Å². The third-order valence-corrected chi connectivity index (χ3v) is 7.23. The average molecular weight is 443 g/mol. The maximum atomic E-state index is 12.3. The van der Waals surface area contributed by atoms with Gasteiger partial charge in [0.1, 0.15) is 0 Å². The molecule has 0 amide bonds. The summed E-state index contributed by atoms with van der Waals surface area (Å²) in [5, 5.41) is 10.1. The van der Waals surface area contributed by atoms with Gasteiger partial charge in [-0.2, -0.15) is 0 Å². The molecule has 0 aromatic heterocycles. The second-order valence-corrected chi connectivity index (χ2v) is 10.2. The molecule has 0 aliphatic rings. The molecular weight excluding hydrogens is 404 g/mol. The fourth-order valence-corrected chi connectivity index (χ4v) is 5.16. The molecule has 3 aromatic carbocycles. The smallest absolute Gasteiger partial charge is 0.309 e. The minimum atomic E-state index is -0.872. The first kappa shape index (κ1) is 24.8. The zero-order valence-electron chi connectivity index (χ0n) is 20.5. The van der Waals surface area contributed by atoms with Crippen molar-refractivity contribution in [2.45, 2.75) is 64.7 Å². The van der Waals surface area contributed by atoms with Crippen molar-refractivity contribution in [1.82, 2.24) is 0 Å². The lowest BCUT2D eigenvalue weighted by atomic mass is 9.60. The summed E-state index contributed by atoms with van der Waals surface area (Å²) in [4.78, 5) is 12.3. The van der Waals surface area contributed by atoms with Crippen molar-refractivity contribution in [3.8, 4) is 0 Å². The van der Waals surface area contributed by atoms with E-state index < -0.39 is 16.8 Å². The van der Waals surface area contributed by atoms with Crippen LogP contribution in [0.5, 0.6) is 0 Å². The minimum absolute atomic E-state index is 0.325. The Bertz CT molecular complexity index is 953. The van der Waals surface area contributed by atoms with E-state index in [0.29, 0.717) is 18.3 Å². The van der Waals surface area contributed by atoms with Gasteiger partial charge < -0.3 is 5.11 Å². The Hall–Kier alpha value is -2.87. The molecule has 2 unspecified atom stereocenters. The van der Waals surface area contributed by atoms with Gasteiger partial charge in [-0.25, -0.2) is 0 Å². The van der Waals surface area contributed by atoms with Crippen molar-refractivity contribution in [2.24, 2.45) is 11.3 Å². The van der Waals surface area contributed by atoms with Crippen molar-refractivity contribution < 1.29 is 9.90 Å². The fraction of sp³-hybridized carbons (Fsp3) is 0.387. The molecule has 0 saturated heterocycles. The van der Waals surface area contributed by atoms with E-state index >= 15 is 0 Å². The van der Waals surface area contributed by atoms with Crippen molar-refractivity contribution >= 4 is 5.97 Å². The lowest BCUT2D eigenvalue weighted by molar-refractivity contribution is -0.148. The summed E-state index contributed by atoms with van der Waals surface area (Å²) < 4.78 is 0. The molecule has 0 spiro atoms. The number of rotatable bonds is 11. The molecule has 3 rings (SSSR count). The van der Waals surface area contributed by atoms with Gasteiger partial charge in [0, 0.05) is 5.41 Å². The normalized spacial score (nSPS) is 13.9. The van der Waals surface area contributed by atoms with Gasteiger partial charge in [0.25, 0.3) is 0 Å². The van der Waals surface area contributed by atoms with Gasteiger partial charge >= 0.3 is 5.97 Å². The summed E-state index contributed by atoms with van der Waals surface area (Å²) in [6, 6.07) is 31.9. The summed E-state index contributed by atoms with van der Waals surface area (Å²) in [7, 11) is 0. The number of carboxylic acid groups (broad SMARTS) is 1. The van der Waals surface area contributed by atoms with Gasteiger partial charge in [0.2, 0.25) is 0 Å². The standard InChI is InChI=1S/C31H38O2/c1-5-24(2)21-26(25-15-9-6-10-16-25)22-31(23-30(3,4)29(32)33,27-17-11-7-12-18-27)28-19-13-8-14-20-28/h6-20,24,26H,5,21-23H2,1-4H3,(H,32,33). The van der Waals surface area contributed by atoms with Crippen LogP contribution in [0.1, 0.15) is 76.0 Å². The van der Waals surface area contributed by atoms with Crippen LogP contribution >= 0.6 is 0 Å². The summed E-state index contributed by atoms with van der Waals surface area (Å²) in [6.45, 7) is 8.30. The van der Waals surface area contributed by atoms with Crippen LogP contribution in [-0.2, 0) is 10.2 Å². The first-order valence-corrected chi connectivity index (χ1v) is 12.2. The van der Waals surface area contributed by atoms with E-state index in [4.69, 9.17) is 0 Å². The molecule has 0 heterocycles. The maximum absolute atomic E-state index is 12.3. The van der Waals surface area contributed by atoms with E-state index in [1.807, 2.05) is 26.0 Å². The molecule has 3 aromatic rings. The lowest BCUT2D eigenvalue weighted by Gasteiger charge is -2.42. The van der Waals surface area contributed by atoms with E-state index in [9.17, 15) is 9.90 Å². The molecule has 0 saturated carbocycles. The molecule has 0 radical (unpaired) electrons. The largest absolute Gasteiger partial charge is 0.481 e. The highest BCUT2D eigenvalue weighted by molar-refractivity contribution is 5.74. The van der Waals surface area contributed by atoms with Gasteiger partial charge in [-0.15, -0.1) is 0 Å². The SMILES string of the molecule is CCC(C)CC(CC(CC(C)(C)C(=O)O)(c1ccccc1)c1ccccc1)c1ccccc1. The molecular formula is C31H38O2. The topological polar surface area (TPSA) is 37.3 Å². The summed E-state index contributed by atoms with van der Waals surface area (Å²) in [5.74, 6) is 0.162. The Kier molecular flexibility index (Phi) is 8.13. The van der Waals surface area contributed by atoms with E-state index in [2.05, 4.69) is 92.7 Å². The van der Waals surface area contributed by atoms with Crippen molar-refractivity contribution in [3.63, 3.8) is 0 Å². The molecule has 2 atom stereocenters. The maximum Gasteiger partial charge on any atom is 0.309 e. The second kappa shape index (κ2) is 10.8. The average Bonchev–Trinajstić information content (AvgIpc) is 2.84. The number of hydrogen-bond acceptors (Lipinski definition) is 1. The number of hydrogen-bond donors (Lipinski definition) is 1. The first-order valence-electron chi connectivity index (χ1n) is 12.2. The van der Waals surface area contributed by atoms with Crippen molar-refractivity contribution in [3.05, 3.63) is 108 Å². The zero-order valence-corrected chi connectivity index (χ0v) is 20.5. The van der Waals surface area contributed by atoms with E-state index in [0.717, 1.165) is 19.3 Å². The Balaban J connectivity index is 2.22. The van der Waals surface area contributed by atoms with Crippen LogP contribution in [0.15, 0.2) is 91.0 Å². The van der Waals surface area contributed by atoms with E-state index in [-0.39, 0.29) is 0 Å². The zero-order chi connectivity index (χ0) is 23.9. The first-order chi connectivity index (χ1) is 15.8. The Morgan fingerprint density at radius 3 is 1.70 bits per heavy atom. The van der Waals surface area contributed by atoms with Gasteiger partial charge in [-0.05, 0) is 61.6 Å². The fourth-order valence-electron chi connectivity index (χ4n) is 5.16. The van der Waals surface area contributed by atoms with Gasteiger partial charge in [-0.3, -0.25) is 4.79 Å². The summed E-state index contributed by atoms with van der Waals surface area (Å²) in [6.07, 6.45) is 3.61. The highest BCUT2D eigenvalue weighted by Gasteiger charge is 2.44. The third kappa shape index (κ3) is 5.93. The van der Waals surface area contributed by atoms with Crippen LogP contribution in [0.3, 0.4) is 0 Å². The number of carbonyl (C=O) groups is 1. The van der Waals surface area contributed by atoms with Crippen molar-refractivity contribution in [1.29, 1.82) is 0 Å². The van der Waals surface area contributed by atoms with E-state index in [1.54, 1.807) is 0 Å². The van der Waals surface area contributed by atoms with Crippen LogP contribution in [0.2, 0.25) is 0 Å². The van der Waals surface area contributed by atoms with Crippen molar-refractivity contribution in [2.75, 3.05) is 0 Å². The molecule has 2 nitrogen and oxygen atoms in total. The second-order valence-electron chi connectivity index (χ2n) is 10.2. The third-order valence-electron chi connectivity index (χ3n) is 7.23. The Labute approximate surface area is 199 Å². The quantitative estimate of drug-likeness (QED) is 0.326. The highest BCUT2D eigenvalue weighted by atomic mass is 16.4. The van der Waals surface area contributed by atoms with Gasteiger partial charge in [0.05, 0.1) is 5.41 Å². The summed E-state index contributed by atoms with van der Waals surface area (Å²) >= 11 is 0. The Morgan fingerprint density at radius 1 is 0.818 bits per heavy atom. The van der Waals surface area contributed by atoms with Gasteiger partial charge in [-0.1, -0.05) is 111 Å². The number of carboxylic acids is 1. The molecule has 2 heteroatoms. The van der Waals surface area contributed by atoms with Gasteiger partial charge in [0.15, 0.2) is 0 Å². The molecule has 33 heavy (non-hydrogen) atoms. The van der Waals surface area contributed by atoms with Crippen LogP contribution in [0.25, 0.3) is 0 Å². The lowest BCUT2D eigenvalue weighted by Crippen LogP contribution is -2.39. The van der Waals surface area contributed by atoms with Crippen LogP contribution in [0.4, 0.5) is 0 Å². The molecule has 174 valence electrons. The highest BCUT2D eigenvalue weighted by Crippen LogP contribution is 2.49. The molecule has 0 fully saturated rings. The number of aliphatic carboxylic acids is 1. The Morgan fingerprint density at radius 2 is 1.27 bits per heavy atom. The molecule has 0 bridgehead atoms. The summed E-state index contributed by atoms with van der Waals surface area (Å²) in [5.41, 5.74) is 2.43. The molecule has 1 N–H and O–H groups in total. The van der Waals surface area contributed by atoms with Crippen LogP contribution < -0.4 is 0 Å². The predicted molar refractivity (Wildman–Crippen MR) is 138 cm³/mol. The van der Waals surface area contributed by atoms with E-state index in [1.165, 1.54) is 16.7 Å².